The molecule has 12 heavy (non-hydrogen) atoms. The van der Waals surface area contributed by atoms with Crippen LogP contribution in [0, 0.1) is 0 Å². The highest BCUT2D eigenvalue weighted by atomic mass is 32.1. The molecule has 0 aliphatic rings. The Kier molecular flexibility index (Phi) is 3.29. The summed E-state index contributed by atoms with van der Waals surface area (Å²) in [6.45, 7) is 5.37. The molecule has 1 nitrogen and oxygen atoms in total. The van der Waals surface area contributed by atoms with Crippen LogP contribution in [0.15, 0.2) is 17.5 Å². The van der Waals surface area contributed by atoms with Crippen LogP contribution in [0.1, 0.15) is 31.6 Å². The number of hydrogen-bond donors (Lipinski definition) is 1. The van der Waals surface area contributed by atoms with Crippen molar-refractivity contribution in [3.63, 3.8) is 0 Å². The summed E-state index contributed by atoms with van der Waals surface area (Å²) in [6, 6.07) is 4.32. The van der Waals surface area contributed by atoms with Crippen LogP contribution in [0.3, 0.4) is 0 Å². The summed E-state index contributed by atoms with van der Waals surface area (Å²) in [6.07, 6.45) is 2.30. The van der Waals surface area contributed by atoms with Gasteiger partial charge in [-0.25, -0.2) is 0 Å². The third kappa shape index (κ3) is 2.32. The normalized spacial score (nSPS) is 11.9. The van der Waals surface area contributed by atoms with E-state index in [1.54, 1.807) is 0 Å². The zero-order chi connectivity index (χ0) is 9.03. The minimum absolute atomic E-state index is 0.313. The first-order valence-corrected chi connectivity index (χ1v) is 5.29. The molecule has 0 unspecified atom stereocenters. The molecule has 1 aromatic heterocycles. The van der Waals surface area contributed by atoms with E-state index in [-0.39, 0.29) is 0 Å². The molecule has 1 rings (SSSR count). The summed E-state index contributed by atoms with van der Waals surface area (Å²) in [7, 11) is 0. The second-order valence-electron chi connectivity index (χ2n) is 3.75. The van der Waals surface area contributed by atoms with Gasteiger partial charge < -0.3 is 5.73 Å². The number of rotatable bonds is 4. The van der Waals surface area contributed by atoms with Crippen molar-refractivity contribution in [1.82, 2.24) is 0 Å². The van der Waals surface area contributed by atoms with Crippen molar-refractivity contribution in [2.45, 2.75) is 32.1 Å². The van der Waals surface area contributed by atoms with Crippen LogP contribution < -0.4 is 5.73 Å². The fourth-order valence-electron chi connectivity index (χ4n) is 1.33. The smallest absolute Gasteiger partial charge is 0.0101 e. The van der Waals surface area contributed by atoms with Crippen molar-refractivity contribution >= 4 is 11.3 Å². The average Bonchev–Trinajstić information content (AvgIpc) is 2.53. The molecule has 0 saturated carbocycles. The highest BCUT2D eigenvalue weighted by Crippen LogP contribution is 2.31. The predicted molar refractivity (Wildman–Crippen MR) is 55.6 cm³/mol. The SMILES string of the molecule is CC(C)(CCCN)c1cccs1. The van der Waals surface area contributed by atoms with Crippen LogP contribution in [-0.4, -0.2) is 6.54 Å². The first-order valence-electron chi connectivity index (χ1n) is 4.41. The van der Waals surface area contributed by atoms with Crippen LogP contribution in [0.4, 0.5) is 0 Å². The highest BCUT2D eigenvalue weighted by molar-refractivity contribution is 7.10. The van der Waals surface area contributed by atoms with Crippen molar-refractivity contribution in [2.75, 3.05) is 6.54 Å². The van der Waals surface area contributed by atoms with Crippen LogP contribution in [0.2, 0.25) is 0 Å². The minimum Gasteiger partial charge on any atom is -0.330 e. The van der Waals surface area contributed by atoms with E-state index < -0.39 is 0 Å². The number of thiophene rings is 1. The van der Waals surface area contributed by atoms with Gasteiger partial charge in [0, 0.05) is 4.88 Å². The molecule has 0 aliphatic carbocycles. The van der Waals surface area contributed by atoms with Gasteiger partial charge in [-0.05, 0) is 36.2 Å². The quantitative estimate of drug-likeness (QED) is 0.763. The Morgan fingerprint density at radius 2 is 2.25 bits per heavy atom. The van der Waals surface area contributed by atoms with Gasteiger partial charge in [-0.1, -0.05) is 19.9 Å². The predicted octanol–water partition coefficient (Wildman–Crippen LogP) is 2.76. The Morgan fingerprint density at radius 1 is 1.50 bits per heavy atom. The molecule has 68 valence electrons. The van der Waals surface area contributed by atoms with E-state index in [4.69, 9.17) is 5.73 Å². The highest BCUT2D eigenvalue weighted by Gasteiger charge is 2.20. The maximum Gasteiger partial charge on any atom is 0.0101 e. The average molecular weight is 183 g/mol. The van der Waals surface area contributed by atoms with E-state index in [0.29, 0.717) is 5.41 Å². The summed E-state index contributed by atoms with van der Waals surface area (Å²) in [5, 5.41) is 2.14. The second-order valence-corrected chi connectivity index (χ2v) is 4.70. The molecule has 1 aromatic rings. The molecule has 0 saturated heterocycles. The molecule has 0 aliphatic heterocycles. The van der Waals surface area contributed by atoms with E-state index >= 15 is 0 Å². The van der Waals surface area contributed by atoms with Gasteiger partial charge in [-0.15, -0.1) is 11.3 Å². The molecule has 0 aromatic carbocycles. The Balaban J connectivity index is 2.59. The van der Waals surface area contributed by atoms with Crippen molar-refractivity contribution in [2.24, 2.45) is 5.73 Å². The fourth-order valence-corrected chi connectivity index (χ4v) is 2.21. The van der Waals surface area contributed by atoms with E-state index in [1.807, 2.05) is 11.3 Å². The molecule has 2 heteroatoms. The molecule has 0 amide bonds. The monoisotopic (exact) mass is 183 g/mol. The summed E-state index contributed by atoms with van der Waals surface area (Å²) in [5.74, 6) is 0. The lowest BCUT2D eigenvalue weighted by molar-refractivity contribution is 0.473. The van der Waals surface area contributed by atoms with Gasteiger partial charge >= 0.3 is 0 Å². The Labute approximate surface area is 78.6 Å². The van der Waals surface area contributed by atoms with Crippen LogP contribution in [-0.2, 0) is 5.41 Å². The molecule has 2 N–H and O–H groups in total. The lowest BCUT2D eigenvalue weighted by Gasteiger charge is -2.22. The zero-order valence-electron chi connectivity index (χ0n) is 7.84. The minimum atomic E-state index is 0.313. The van der Waals surface area contributed by atoms with Crippen molar-refractivity contribution in [3.05, 3.63) is 22.4 Å². The lowest BCUT2D eigenvalue weighted by atomic mass is 9.86. The summed E-state index contributed by atoms with van der Waals surface area (Å²) >= 11 is 1.84. The molecule has 0 spiro atoms. The number of nitrogens with two attached hydrogens (primary N) is 1. The maximum atomic E-state index is 5.49. The molecule has 0 fully saturated rings. The van der Waals surface area contributed by atoms with Gasteiger partial charge in [0.1, 0.15) is 0 Å². The lowest BCUT2D eigenvalue weighted by Crippen LogP contribution is -2.17. The third-order valence-electron chi connectivity index (χ3n) is 2.19. The second kappa shape index (κ2) is 4.06. The van der Waals surface area contributed by atoms with E-state index in [1.165, 1.54) is 11.3 Å². The standard InChI is InChI=1S/C10H17NS/c1-10(2,6-4-7-11)9-5-3-8-12-9/h3,5,8H,4,6-7,11H2,1-2H3. The molecular weight excluding hydrogens is 166 g/mol. The van der Waals surface area contributed by atoms with E-state index in [2.05, 4.69) is 31.4 Å². The number of hydrogen-bond acceptors (Lipinski definition) is 2. The molecule has 1 heterocycles. The molecule has 0 bridgehead atoms. The van der Waals surface area contributed by atoms with Gasteiger partial charge in [0.25, 0.3) is 0 Å². The Morgan fingerprint density at radius 3 is 2.75 bits per heavy atom. The maximum absolute atomic E-state index is 5.49. The van der Waals surface area contributed by atoms with Gasteiger partial charge in [0.2, 0.25) is 0 Å². The third-order valence-corrected chi connectivity index (χ3v) is 3.43. The van der Waals surface area contributed by atoms with Crippen molar-refractivity contribution in [1.29, 1.82) is 0 Å². The zero-order valence-corrected chi connectivity index (χ0v) is 8.66. The Bertz CT molecular complexity index is 214. The summed E-state index contributed by atoms with van der Waals surface area (Å²) in [5.41, 5.74) is 5.81. The fraction of sp³-hybridized carbons (Fsp3) is 0.600. The van der Waals surface area contributed by atoms with Gasteiger partial charge in [0.05, 0.1) is 0 Å². The Hall–Kier alpha value is -0.340. The molecule has 0 atom stereocenters. The van der Waals surface area contributed by atoms with E-state index in [9.17, 15) is 0 Å². The molecule has 0 radical (unpaired) electrons. The van der Waals surface area contributed by atoms with Crippen LogP contribution in [0.5, 0.6) is 0 Å². The van der Waals surface area contributed by atoms with E-state index in [0.717, 1.165) is 13.0 Å². The first kappa shape index (κ1) is 9.75. The van der Waals surface area contributed by atoms with Crippen molar-refractivity contribution in [3.8, 4) is 0 Å². The summed E-state index contributed by atoms with van der Waals surface area (Å²) < 4.78 is 0. The van der Waals surface area contributed by atoms with Crippen LogP contribution in [0.25, 0.3) is 0 Å². The van der Waals surface area contributed by atoms with Gasteiger partial charge in [-0.2, -0.15) is 0 Å². The van der Waals surface area contributed by atoms with Crippen LogP contribution >= 0.6 is 11.3 Å². The topological polar surface area (TPSA) is 26.0 Å². The summed E-state index contributed by atoms with van der Waals surface area (Å²) in [4.78, 5) is 1.47. The van der Waals surface area contributed by atoms with Gasteiger partial charge in [-0.3, -0.25) is 0 Å². The van der Waals surface area contributed by atoms with Gasteiger partial charge in [0.15, 0.2) is 0 Å². The van der Waals surface area contributed by atoms with Crippen molar-refractivity contribution < 1.29 is 0 Å². The molecular formula is C10H17NS. The largest absolute Gasteiger partial charge is 0.330 e. The first-order chi connectivity index (χ1) is 5.67.